The number of nitrogens with one attached hydrogen (secondary N) is 1. The molecule has 0 bridgehead atoms. The topological polar surface area (TPSA) is 71.5 Å². The van der Waals surface area contributed by atoms with Crippen molar-refractivity contribution in [1.29, 1.82) is 0 Å². The van der Waals surface area contributed by atoms with Crippen molar-refractivity contribution in [2.75, 3.05) is 7.11 Å². The van der Waals surface area contributed by atoms with Gasteiger partial charge in [-0.3, -0.25) is 4.98 Å². The van der Waals surface area contributed by atoms with Gasteiger partial charge in [0.25, 0.3) is 0 Å². The molecule has 5 nitrogen and oxygen atoms in total. The number of hydrogen-bond acceptors (Lipinski definition) is 4. The van der Waals surface area contributed by atoms with Gasteiger partial charge in [0, 0.05) is 18.8 Å². The maximum atomic E-state index is 10.7. The minimum atomic E-state index is -0.964. The molecule has 0 saturated heterocycles. The summed E-state index contributed by atoms with van der Waals surface area (Å²) in [7, 11) is 1.64. The molecule has 1 aromatic carbocycles. The molecular formula is C16H18N2O3. The second-order valence-corrected chi connectivity index (χ2v) is 4.72. The highest BCUT2D eigenvalue weighted by molar-refractivity contribution is 5.87. The van der Waals surface area contributed by atoms with E-state index in [4.69, 9.17) is 9.84 Å². The lowest BCUT2D eigenvalue weighted by Crippen LogP contribution is -2.18. The molecule has 0 amide bonds. The predicted molar refractivity (Wildman–Crippen MR) is 79.4 cm³/mol. The van der Waals surface area contributed by atoms with E-state index in [9.17, 15) is 4.79 Å². The van der Waals surface area contributed by atoms with E-state index >= 15 is 0 Å². The molecule has 0 spiro atoms. The minimum Gasteiger partial charge on any atom is -0.497 e. The van der Waals surface area contributed by atoms with Crippen LogP contribution >= 0.6 is 0 Å². The summed E-state index contributed by atoms with van der Waals surface area (Å²) < 4.78 is 5.13. The number of aromatic nitrogens is 1. The van der Waals surface area contributed by atoms with Gasteiger partial charge >= 0.3 is 5.97 Å². The Balaban J connectivity index is 1.93. The van der Waals surface area contributed by atoms with Crippen molar-refractivity contribution < 1.29 is 14.6 Å². The lowest BCUT2D eigenvalue weighted by Gasteiger charge is -2.14. The Bertz CT molecular complexity index is 594. The lowest BCUT2D eigenvalue weighted by atomic mass is 10.1. The summed E-state index contributed by atoms with van der Waals surface area (Å²) in [5.74, 6) is -0.134. The highest BCUT2D eigenvalue weighted by atomic mass is 16.5. The molecule has 2 rings (SSSR count). The average molecular weight is 286 g/mol. The van der Waals surface area contributed by atoms with Crippen LogP contribution in [0.4, 0.5) is 0 Å². The van der Waals surface area contributed by atoms with Crippen LogP contribution in [0.25, 0.3) is 0 Å². The van der Waals surface area contributed by atoms with E-state index in [1.165, 1.54) is 6.20 Å². The monoisotopic (exact) mass is 286 g/mol. The molecule has 21 heavy (non-hydrogen) atoms. The molecule has 0 radical (unpaired) electrons. The van der Waals surface area contributed by atoms with Crippen molar-refractivity contribution in [3.63, 3.8) is 0 Å². The summed E-state index contributed by atoms with van der Waals surface area (Å²) in [6.45, 7) is 2.64. The molecule has 1 aromatic heterocycles. The van der Waals surface area contributed by atoms with Gasteiger partial charge in [-0.2, -0.15) is 0 Å². The molecular weight excluding hydrogens is 268 g/mol. The molecule has 0 aliphatic carbocycles. The molecule has 0 aliphatic heterocycles. The zero-order valence-electron chi connectivity index (χ0n) is 12.0. The van der Waals surface area contributed by atoms with Gasteiger partial charge in [0.15, 0.2) is 0 Å². The minimum absolute atomic E-state index is 0.164. The summed E-state index contributed by atoms with van der Waals surface area (Å²) in [6, 6.07) is 11.3. The van der Waals surface area contributed by atoms with Crippen LogP contribution in [-0.4, -0.2) is 23.2 Å². The molecule has 0 aliphatic rings. The fraction of sp³-hybridized carbons (Fsp3) is 0.250. The zero-order chi connectivity index (χ0) is 15.2. The highest BCUT2D eigenvalue weighted by Gasteiger charge is 2.07. The Hall–Kier alpha value is -2.40. The first-order valence-electron chi connectivity index (χ1n) is 6.65. The van der Waals surface area contributed by atoms with Crippen LogP contribution in [0.1, 0.15) is 34.6 Å². The van der Waals surface area contributed by atoms with E-state index in [1.54, 1.807) is 19.2 Å². The Morgan fingerprint density at radius 1 is 1.29 bits per heavy atom. The van der Waals surface area contributed by atoms with Gasteiger partial charge in [0.2, 0.25) is 0 Å². The van der Waals surface area contributed by atoms with Crippen molar-refractivity contribution in [2.45, 2.75) is 19.5 Å². The van der Waals surface area contributed by atoms with Crippen molar-refractivity contribution in [3.8, 4) is 5.75 Å². The highest BCUT2D eigenvalue weighted by Crippen LogP contribution is 2.17. The van der Waals surface area contributed by atoms with Gasteiger partial charge in [-0.1, -0.05) is 12.1 Å². The first-order chi connectivity index (χ1) is 10.1. The van der Waals surface area contributed by atoms with E-state index in [0.717, 1.165) is 17.0 Å². The normalized spacial score (nSPS) is 11.9. The van der Waals surface area contributed by atoms with Gasteiger partial charge in [0.05, 0.1) is 18.4 Å². The Kier molecular flexibility index (Phi) is 4.90. The molecule has 0 fully saturated rings. The summed E-state index contributed by atoms with van der Waals surface area (Å²) in [6.07, 6.45) is 1.37. The van der Waals surface area contributed by atoms with Crippen LogP contribution in [0.3, 0.4) is 0 Å². The smallest absolute Gasteiger partial charge is 0.337 e. The van der Waals surface area contributed by atoms with E-state index in [2.05, 4.69) is 17.2 Å². The molecule has 5 heteroatoms. The maximum absolute atomic E-state index is 10.7. The number of hydrogen-bond donors (Lipinski definition) is 2. The standard InChI is InChI=1S/C16H18N2O3/c1-11(12-4-7-15(21-2)8-5-12)17-10-14-6-3-13(9-18-14)16(19)20/h3-9,11,17H,10H2,1-2H3,(H,19,20)/t11-/m1/s1. The van der Waals surface area contributed by atoms with Crippen molar-refractivity contribution in [3.05, 3.63) is 59.4 Å². The molecule has 1 atom stereocenters. The average Bonchev–Trinajstić information content (AvgIpc) is 2.53. The first-order valence-corrected chi connectivity index (χ1v) is 6.65. The number of benzene rings is 1. The second kappa shape index (κ2) is 6.85. The summed E-state index contributed by atoms with van der Waals surface area (Å²) in [4.78, 5) is 14.9. The Morgan fingerprint density at radius 2 is 2.00 bits per heavy atom. The number of carboxylic acid groups (broad SMARTS) is 1. The third-order valence-electron chi connectivity index (χ3n) is 3.28. The summed E-state index contributed by atoms with van der Waals surface area (Å²) in [5.41, 5.74) is 2.15. The molecule has 110 valence electrons. The predicted octanol–water partition coefficient (Wildman–Crippen LogP) is 2.64. The molecule has 0 unspecified atom stereocenters. The van der Waals surface area contributed by atoms with Crippen LogP contribution in [0.15, 0.2) is 42.6 Å². The van der Waals surface area contributed by atoms with E-state index in [0.29, 0.717) is 6.54 Å². The first kappa shape index (κ1) is 15.0. The van der Waals surface area contributed by atoms with Crippen molar-refractivity contribution in [2.24, 2.45) is 0 Å². The number of ether oxygens (including phenoxy) is 1. The van der Waals surface area contributed by atoms with Gasteiger partial charge in [-0.25, -0.2) is 4.79 Å². The van der Waals surface area contributed by atoms with Gasteiger partial charge in [0.1, 0.15) is 5.75 Å². The fourth-order valence-electron chi connectivity index (χ4n) is 1.92. The zero-order valence-corrected chi connectivity index (χ0v) is 12.0. The summed E-state index contributed by atoms with van der Waals surface area (Å²) >= 11 is 0. The van der Waals surface area contributed by atoms with Crippen molar-refractivity contribution >= 4 is 5.97 Å². The number of carbonyl (C=O) groups is 1. The molecule has 0 saturated carbocycles. The van der Waals surface area contributed by atoms with Gasteiger partial charge in [-0.05, 0) is 36.8 Å². The number of pyridine rings is 1. The quantitative estimate of drug-likeness (QED) is 0.854. The number of methoxy groups -OCH3 is 1. The van der Waals surface area contributed by atoms with Crippen molar-refractivity contribution in [1.82, 2.24) is 10.3 Å². The molecule has 1 heterocycles. The summed E-state index contributed by atoms with van der Waals surface area (Å²) in [5, 5.41) is 12.2. The Labute approximate surface area is 123 Å². The fourth-order valence-corrected chi connectivity index (χ4v) is 1.92. The van der Waals surface area contributed by atoms with Crippen LogP contribution in [0.2, 0.25) is 0 Å². The third kappa shape index (κ3) is 4.03. The lowest BCUT2D eigenvalue weighted by molar-refractivity contribution is 0.0696. The van der Waals surface area contributed by atoms with Gasteiger partial charge < -0.3 is 15.2 Å². The molecule has 2 aromatic rings. The number of nitrogens with zero attached hydrogens (tertiary/aromatic N) is 1. The molecule has 2 N–H and O–H groups in total. The maximum Gasteiger partial charge on any atom is 0.337 e. The van der Waals surface area contributed by atoms with Gasteiger partial charge in [-0.15, -0.1) is 0 Å². The largest absolute Gasteiger partial charge is 0.497 e. The third-order valence-corrected chi connectivity index (χ3v) is 3.28. The van der Waals surface area contributed by atoms with Crippen LogP contribution in [-0.2, 0) is 6.54 Å². The Morgan fingerprint density at radius 3 is 2.52 bits per heavy atom. The van der Waals surface area contributed by atoms with E-state index < -0.39 is 5.97 Å². The number of aromatic carboxylic acids is 1. The SMILES string of the molecule is COc1ccc([C@@H](C)NCc2ccc(C(=O)O)cn2)cc1. The van der Waals surface area contributed by atoms with E-state index in [1.807, 2.05) is 24.3 Å². The van der Waals surface area contributed by atoms with E-state index in [-0.39, 0.29) is 11.6 Å². The van der Waals surface area contributed by atoms with Crippen LogP contribution < -0.4 is 10.1 Å². The number of rotatable bonds is 6. The van der Waals surface area contributed by atoms with Crippen LogP contribution in [0.5, 0.6) is 5.75 Å². The number of carboxylic acids is 1. The van der Waals surface area contributed by atoms with Crippen LogP contribution in [0, 0.1) is 0 Å². The second-order valence-electron chi connectivity index (χ2n) is 4.72.